The molecule has 0 saturated heterocycles. The van der Waals surface area contributed by atoms with Crippen molar-refractivity contribution >= 4 is 22.6 Å². The standard InChI is InChI=1S/C21H17N5O2/c22-18-17-20(27)23-10-11-28-21(17)25-19(24-18)16-12-13-6-4-5-9-15(13)26(16)14-7-2-1-3-8-14/h1-9,12H,10-11H2,(H,23,27)(H2,22,24,25). The first-order chi connectivity index (χ1) is 13.7. The van der Waals surface area contributed by atoms with Crippen molar-refractivity contribution in [2.75, 3.05) is 18.9 Å². The number of nitrogens with two attached hydrogens (primary N) is 1. The number of hydrogen-bond donors (Lipinski definition) is 2. The Bertz CT molecular complexity index is 1200. The molecule has 7 nitrogen and oxygen atoms in total. The van der Waals surface area contributed by atoms with Crippen molar-refractivity contribution in [3.05, 3.63) is 66.2 Å². The van der Waals surface area contributed by atoms with E-state index in [9.17, 15) is 4.79 Å². The summed E-state index contributed by atoms with van der Waals surface area (Å²) < 4.78 is 7.73. The largest absolute Gasteiger partial charge is 0.475 e. The molecular formula is C21H17N5O2. The lowest BCUT2D eigenvalue weighted by atomic mass is 10.2. The first-order valence-corrected chi connectivity index (χ1v) is 8.97. The fourth-order valence-electron chi connectivity index (χ4n) is 3.46. The average Bonchev–Trinajstić information content (AvgIpc) is 3.00. The highest BCUT2D eigenvalue weighted by Crippen LogP contribution is 2.32. The maximum Gasteiger partial charge on any atom is 0.260 e. The number of ether oxygens (including phenoxy) is 1. The van der Waals surface area contributed by atoms with E-state index in [2.05, 4.69) is 19.9 Å². The van der Waals surface area contributed by atoms with Crippen LogP contribution in [0.4, 0.5) is 5.82 Å². The van der Waals surface area contributed by atoms with E-state index in [1.807, 2.05) is 60.7 Å². The Balaban J connectivity index is 1.78. The van der Waals surface area contributed by atoms with Crippen LogP contribution in [0.2, 0.25) is 0 Å². The van der Waals surface area contributed by atoms with Crippen LogP contribution in [-0.4, -0.2) is 33.6 Å². The van der Waals surface area contributed by atoms with Gasteiger partial charge in [0.25, 0.3) is 5.91 Å². The number of hydrogen-bond acceptors (Lipinski definition) is 5. The van der Waals surface area contributed by atoms with Gasteiger partial charge in [-0.05, 0) is 24.3 Å². The summed E-state index contributed by atoms with van der Waals surface area (Å²) in [6.07, 6.45) is 0. The summed E-state index contributed by atoms with van der Waals surface area (Å²) in [7, 11) is 0. The molecule has 2 aromatic carbocycles. The zero-order valence-electron chi connectivity index (χ0n) is 14.9. The Hall–Kier alpha value is -3.87. The molecule has 1 aliphatic rings. The smallest absolute Gasteiger partial charge is 0.260 e. The fraction of sp³-hybridized carbons (Fsp3) is 0.0952. The Labute approximate surface area is 160 Å². The summed E-state index contributed by atoms with van der Waals surface area (Å²) in [6.45, 7) is 0.727. The molecule has 2 aromatic heterocycles. The second kappa shape index (κ2) is 6.38. The predicted molar refractivity (Wildman–Crippen MR) is 107 cm³/mol. The Kier molecular flexibility index (Phi) is 3.72. The molecule has 0 saturated carbocycles. The van der Waals surface area contributed by atoms with E-state index in [4.69, 9.17) is 10.5 Å². The number of nitrogens with zero attached hydrogens (tertiary/aromatic N) is 3. The van der Waals surface area contributed by atoms with E-state index < -0.39 is 0 Å². The Morgan fingerprint density at radius 2 is 1.82 bits per heavy atom. The minimum Gasteiger partial charge on any atom is -0.475 e. The van der Waals surface area contributed by atoms with E-state index in [-0.39, 0.29) is 23.2 Å². The lowest BCUT2D eigenvalue weighted by Gasteiger charge is -2.12. The van der Waals surface area contributed by atoms with Gasteiger partial charge in [-0.3, -0.25) is 4.79 Å². The molecule has 0 bridgehead atoms. The molecule has 0 aliphatic carbocycles. The first-order valence-electron chi connectivity index (χ1n) is 8.97. The number of benzene rings is 2. The lowest BCUT2D eigenvalue weighted by molar-refractivity contribution is 0.0957. The molecule has 5 rings (SSSR count). The Morgan fingerprint density at radius 1 is 1.04 bits per heavy atom. The van der Waals surface area contributed by atoms with Gasteiger partial charge in [0.2, 0.25) is 5.88 Å². The molecule has 0 fully saturated rings. The van der Waals surface area contributed by atoms with Gasteiger partial charge in [0, 0.05) is 11.1 Å². The van der Waals surface area contributed by atoms with Gasteiger partial charge in [0.15, 0.2) is 5.82 Å². The van der Waals surface area contributed by atoms with Crippen LogP contribution >= 0.6 is 0 Å². The van der Waals surface area contributed by atoms with Gasteiger partial charge in [0.1, 0.15) is 18.0 Å². The van der Waals surface area contributed by atoms with Crippen LogP contribution in [0.5, 0.6) is 5.88 Å². The number of anilines is 1. The van der Waals surface area contributed by atoms with Crippen LogP contribution in [0, 0.1) is 0 Å². The molecular weight excluding hydrogens is 354 g/mol. The summed E-state index contributed by atoms with van der Waals surface area (Å²) in [5, 5.41) is 3.78. The van der Waals surface area contributed by atoms with Gasteiger partial charge < -0.3 is 20.4 Å². The maximum atomic E-state index is 12.2. The molecule has 0 atom stereocenters. The highest BCUT2D eigenvalue weighted by molar-refractivity contribution is 6.01. The maximum absolute atomic E-state index is 12.2. The number of fused-ring (bicyclic) bond motifs is 2. The predicted octanol–water partition coefficient (Wildman–Crippen LogP) is 2.79. The number of para-hydroxylation sites is 2. The van der Waals surface area contributed by atoms with Crippen LogP contribution in [0.25, 0.3) is 28.1 Å². The van der Waals surface area contributed by atoms with Crippen molar-refractivity contribution in [1.29, 1.82) is 0 Å². The van der Waals surface area contributed by atoms with Gasteiger partial charge >= 0.3 is 0 Å². The lowest BCUT2D eigenvalue weighted by Crippen LogP contribution is -2.25. The number of carbonyl (C=O) groups excluding carboxylic acids is 1. The minimum absolute atomic E-state index is 0.101. The van der Waals surface area contributed by atoms with Crippen molar-refractivity contribution in [2.45, 2.75) is 0 Å². The summed E-state index contributed by atoms with van der Waals surface area (Å²) in [5.74, 6) is 0.401. The molecule has 3 N–H and O–H groups in total. The van der Waals surface area contributed by atoms with Crippen molar-refractivity contribution in [1.82, 2.24) is 19.9 Å². The molecule has 0 radical (unpaired) electrons. The van der Waals surface area contributed by atoms with Crippen molar-refractivity contribution in [3.63, 3.8) is 0 Å². The van der Waals surface area contributed by atoms with Gasteiger partial charge in [0.05, 0.1) is 17.8 Å². The summed E-state index contributed by atoms with van der Waals surface area (Å²) in [4.78, 5) is 21.2. The molecule has 28 heavy (non-hydrogen) atoms. The van der Waals surface area contributed by atoms with Crippen molar-refractivity contribution in [3.8, 4) is 23.1 Å². The molecule has 0 unspecified atom stereocenters. The van der Waals surface area contributed by atoms with Crippen LogP contribution in [0.15, 0.2) is 60.7 Å². The van der Waals surface area contributed by atoms with Crippen LogP contribution in [-0.2, 0) is 0 Å². The SMILES string of the molecule is Nc1nc(-c2cc3ccccc3n2-c2ccccc2)nc2c1C(=O)NCCO2. The van der Waals surface area contributed by atoms with Gasteiger partial charge in [-0.1, -0.05) is 36.4 Å². The first kappa shape index (κ1) is 16.3. The molecule has 3 heterocycles. The Morgan fingerprint density at radius 3 is 2.68 bits per heavy atom. The summed E-state index contributed by atoms with van der Waals surface area (Å²) in [6, 6.07) is 20.0. The van der Waals surface area contributed by atoms with E-state index in [0.717, 1.165) is 22.3 Å². The van der Waals surface area contributed by atoms with E-state index in [1.54, 1.807) is 0 Å². The van der Waals surface area contributed by atoms with Crippen LogP contribution in [0.1, 0.15) is 10.4 Å². The molecule has 1 aliphatic heterocycles. The second-order valence-corrected chi connectivity index (χ2v) is 6.48. The van der Waals surface area contributed by atoms with Gasteiger partial charge in [-0.15, -0.1) is 0 Å². The zero-order valence-corrected chi connectivity index (χ0v) is 14.9. The van der Waals surface area contributed by atoms with Crippen molar-refractivity contribution < 1.29 is 9.53 Å². The third kappa shape index (κ3) is 2.56. The highest BCUT2D eigenvalue weighted by Gasteiger charge is 2.25. The number of nitrogens with one attached hydrogen (secondary N) is 1. The van der Waals surface area contributed by atoms with Gasteiger partial charge in [-0.2, -0.15) is 4.98 Å². The van der Waals surface area contributed by atoms with Crippen molar-refractivity contribution in [2.24, 2.45) is 0 Å². The molecule has 7 heteroatoms. The summed E-state index contributed by atoms with van der Waals surface area (Å²) >= 11 is 0. The molecule has 0 spiro atoms. The normalized spacial score (nSPS) is 13.5. The highest BCUT2D eigenvalue weighted by atomic mass is 16.5. The molecule has 138 valence electrons. The molecule has 4 aromatic rings. The number of amides is 1. The van der Waals surface area contributed by atoms with E-state index >= 15 is 0 Å². The zero-order chi connectivity index (χ0) is 19.1. The number of nitrogen functional groups attached to an aromatic ring is 1. The topological polar surface area (TPSA) is 95.1 Å². The summed E-state index contributed by atoms with van der Waals surface area (Å²) in [5.41, 5.74) is 9.09. The third-order valence-corrected chi connectivity index (χ3v) is 4.71. The quantitative estimate of drug-likeness (QED) is 0.565. The van der Waals surface area contributed by atoms with Gasteiger partial charge in [-0.25, -0.2) is 4.98 Å². The van der Waals surface area contributed by atoms with E-state index in [1.165, 1.54) is 0 Å². The van der Waals surface area contributed by atoms with Crippen LogP contribution < -0.4 is 15.8 Å². The number of aromatic nitrogens is 3. The number of rotatable bonds is 2. The monoisotopic (exact) mass is 371 g/mol. The fourth-order valence-corrected chi connectivity index (χ4v) is 3.46. The molecule has 1 amide bonds. The number of carbonyl (C=O) groups is 1. The van der Waals surface area contributed by atoms with Crippen LogP contribution in [0.3, 0.4) is 0 Å². The second-order valence-electron chi connectivity index (χ2n) is 6.48. The van der Waals surface area contributed by atoms with E-state index in [0.29, 0.717) is 19.0 Å². The minimum atomic E-state index is -0.319. The average molecular weight is 371 g/mol. The third-order valence-electron chi connectivity index (χ3n) is 4.71.